The Kier molecular flexibility index (Phi) is 8.73. The predicted molar refractivity (Wildman–Crippen MR) is 96.7 cm³/mol. The summed E-state index contributed by atoms with van der Waals surface area (Å²) in [6, 6.07) is 6.86. The summed E-state index contributed by atoms with van der Waals surface area (Å²) >= 11 is 1.65. The molecule has 0 heterocycles. The van der Waals surface area contributed by atoms with E-state index in [1.807, 2.05) is 38.3 Å². The van der Waals surface area contributed by atoms with E-state index in [0.717, 1.165) is 11.3 Å². The lowest BCUT2D eigenvalue weighted by Crippen LogP contribution is -2.47. The monoisotopic (exact) mass is 337 g/mol. The molecule has 0 saturated heterocycles. The Balaban J connectivity index is 2.65. The SMILES string of the molecule is CSCCC(NC(=O)c1cccc(C)c1)C(=O)NCCC(C)N. The van der Waals surface area contributed by atoms with Crippen LogP contribution in [0.25, 0.3) is 0 Å². The molecular weight excluding hydrogens is 310 g/mol. The van der Waals surface area contributed by atoms with Crippen LogP contribution in [0, 0.1) is 6.92 Å². The number of thioether (sulfide) groups is 1. The Hall–Kier alpha value is -1.53. The number of hydrogen-bond donors (Lipinski definition) is 3. The van der Waals surface area contributed by atoms with Crippen molar-refractivity contribution < 1.29 is 9.59 Å². The lowest BCUT2D eigenvalue weighted by molar-refractivity contribution is -0.123. The molecule has 6 heteroatoms. The number of nitrogens with two attached hydrogens (primary N) is 1. The second-order valence-corrected chi connectivity index (χ2v) is 6.72. The van der Waals surface area contributed by atoms with Gasteiger partial charge in [0.1, 0.15) is 6.04 Å². The molecule has 1 rings (SSSR count). The number of amides is 2. The first-order valence-electron chi connectivity index (χ1n) is 7.83. The lowest BCUT2D eigenvalue weighted by atomic mass is 10.1. The third-order valence-corrected chi connectivity index (χ3v) is 4.06. The maximum Gasteiger partial charge on any atom is 0.251 e. The summed E-state index contributed by atoms with van der Waals surface area (Å²) in [6.07, 6.45) is 3.29. The molecule has 4 N–H and O–H groups in total. The number of aryl methyl sites for hydroxylation is 1. The maximum absolute atomic E-state index is 12.3. The minimum absolute atomic E-state index is 0.0434. The van der Waals surface area contributed by atoms with Gasteiger partial charge >= 0.3 is 0 Å². The third-order valence-electron chi connectivity index (χ3n) is 3.41. The first-order valence-corrected chi connectivity index (χ1v) is 9.23. The molecule has 2 amide bonds. The Morgan fingerprint density at radius 3 is 2.65 bits per heavy atom. The van der Waals surface area contributed by atoms with Crippen molar-refractivity contribution in [2.75, 3.05) is 18.6 Å². The Morgan fingerprint density at radius 2 is 2.04 bits per heavy atom. The van der Waals surface area contributed by atoms with Gasteiger partial charge in [0.15, 0.2) is 0 Å². The van der Waals surface area contributed by atoms with Gasteiger partial charge in [0, 0.05) is 18.2 Å². The molecule has 0 fully saturated rings. The summed E-state index contributed by atoms with van der Waals surface area (Å²) in [5.41, 5.74) is 7.27. The van der Waals surface area contributed by atoms with Crippen molar-refractivity contribution in [3.63, 3.8) is 0 Å². The standard InChI is InChI=1S/C17H27N3O2S/c1-12-5-4-6-14(11-12)16(21)20-15(8-10-23-3)17(22)19-9-7-13(2)18/h4-6,11,13,15H,7-10,18H2,1-3H3,(H,19,22)(H,20,21). The molecule has 0 aliphatic carbocycles. The number of benzene rings is 1. The zero-order valence-corrected chi connectivity index (χ0v) is 14.9. The summed E-state index contributed by atoms with van der Waals surface area (Å²) < 4.78 is 0. The average molecular weight is 337 g/mol. The van der Waals surface area contributed by atoms with E-state index in [1.165, 1.54) is 0 Å². The largest absolute Gasteiger partial charge is 0.354 e. The van der Waals surface area contributed by atoms with Gasteiger partial charge in [-0.15, -0.1) is 0 Å². The molecule has 0 saturated carbocycles. The van der Waals surface area contributed by atoms with Crippen LogP contribution in [-0.4, -0.2) is 42.5 Å². The zero-order chi connectivity index (χ0) is 17.2. The molecular formula is C17H27N3O2S. The topological polar surface area (TPSA) is 84.2 Å². The van der Waals surface area contributed by atoms with Gasteiger partial charge in [0.25, 0.3) is 5.91 Å². The molecule has 1 aromatic rings. The van der Waals surface area contributed by atoms with Crippen molar-refractivity contribution >= 4 is 23.6 Å². The quantitative estimate of drug-likeness (QED) is 0.640. The molecule has 23 heavy (non-hydrogen) atoms. The maximum atomic E-state index is 12.3. The van der Waals surface area contributed by atoms with Gasteiger partial charge in [0.2, 0.25) is 5.91 Å². The van der Waals surface area contributed by atoms with Crippen LogP contribution >= 0.6 is 11.8 Å². The lowest BCUT2D eigenvalue weighted by Gasteiger charge is -2.18. The zero-order valence-electron chi connectivity index (χ0n) is 14.1. The minimum atomic E-state index is -0.524. The molecule has 0 aliphatic rings. The molecule has 0 aromatic heterocycles. The molecule has 2 atom stereocenters. The van der Waals surface area contributed by atoms with Gasteiger partial charge in [-0.2, -0.15) is 11.8 Å². The number of carbonyl (C=O) groups is 2. The number of rotatable bonds is 9. The van der Waals surface area contributed by atoms with E-state index >= 15 is 0 Å². The molecule has 5 nitrogen and oxygen atoms in total. The van der Waals surface area contributed by atoms with Crippen molar-refractivity contribution in [2.45, 2.75) is 38.8 Å². The average Bonchev–Trinajstić information content (AvgIpc) is 2.50. The van der Waals surface area contributed by atoms with Gasteiger partial charge in [0.05, 0.1) is 0 Å². The summed E-state index contributed by atoms with van der Waals surface area (Å²) in [4.78, 5) is 24.6. The highest BCUT2D eigenvalue weighted by Gasteiger charge is 2.20. The van der Waals surface area contributed by atoms with Crippen LogP contribution in [0.1, 0.15) is 35.7 Å². The molecule has 1 aromatic carbocycles. The number of carbonyl (C=O) groups excluding carboxylic acids is 2. The van der Waals surface area contributed by atoms with Crippen molar-refractivity contribution in [3.8, 4) is 0 Å². The normalized spacial score (nSPS) is 13.2. The Morgan fingerprint density at radius 1 is 1.30 bits per heavy atom. The van der Waals surface area contributed by atoms with E-state index < -0.39 is 6.04 Å². The first kappa shape index (κ1) is 19.5. The molecule has 0 aliphatic heterocycles. The van der Waals surface area contributed by atoms with Gasteiger partial charge in [-0.1, -0.05) is 17.7 Å². The van der Waals surface area contributed by atoms with Crippen LogP contribution in [-0.2, 0) is 4.79 Å². The van der Waals surface area contributed by atoms with E-state index in [0.29, 0.717) is 24.9 Å². The molecule has 128 valence electrons. The van der Waals surface area contributed by atoms with Crippen molar-refractivity contribution in [1.29, 1.82) is 0 Å². The van der Waals surface area contributed by atoms with Crippen molar-refractivity contribution in [3.05, 3.63) is 35.4 Å². The van der Waals surface area contributed by atoms with Gasteiger partial charge < -0.3 is 16.4 Å². The van der Waals surface area contributed by atoms with Crippen LogP contribution in [0.2, 0.25) is 0 Å². The molecule has 0 bridgehead atoms. The predicted octanol–water partition coefficient (Wildman–Crippen LogP) is 1.70. The highest BCUT2D eigenvalue weighted by atomic mass is 32.2. The smallest absolute Gasteiger partial charge is 0.251 e. The van der Waals surface area contributed by atoms with Crippen LogP contribution in [0.3, 0.4) is 0 Å². The van der Waals surface area contributed by atoms with E-state index in [4.69, 9.17) is 5.73 Å². The molecule has 0 radical (unpaired) electrons. The molecule has 0 spiro atoms. The molecule has 2 unspecified atom stereocenters. The number of nitrogens with one attached hydrogen (secondary N) is 2. The fourth-order valence-electron chi connectivity index (χ4n) is 2.08. The van der Waals surface area contributed by atoms with E-state index in [9.17, 15) is 9.59 Å². The fraction of sp³-hybridized carbons (Fsp3) is 0.529. The Bertz CT molecular complexity index is 520. The summed E-state index contributed by atoms with van der Waals surface area (Å²) in [5, 5.41) is 5.69. The van der Waals surface area contributed by atoms with Crippen LogP contribution in [0.15, 0.2) is 24.3 Å². The highest BCUT2D eigenvalue weighted by molar-refractivity contribution is 7.98. The van der Waals surface area contributed by atoms with Gasteiger partial charge in [-0.05, 0) is 50.8 Å². The van der Waals surface area contributed by atoms with E-state index in [2.05, 4.69) is 10.6 Å². The summed E-state index contributed by atoms with van der Waals surface area (Å²) in [7, 11) is 0. The van der Waals surface area contributed by atoms with Crippen molar-refractivity contribution in [1.82, 2.24) is 10.6 Å². The van der Waals surface area contributed by atoms with Crippen LogP contribution in [0.4, 0.5) is 0 Å². The van der Waals surface area contributed by atoms with Crippen LogP contribution in [0.5, 0.6) is 0 Å². The Labute approximate surface area is 142 Å². The summed E-state index contributed by atoms with van der Waals surface area (Å²) in [6.45, 7) is 4.35. The highest BCUT2D eigenvalue weighted by Crippen LogP contribution is 2.06. The van der Waals surface area contributed by atoms with E-state index in [1.54, 1.807) is 17.8 Å². The second kappa shape index (κ2) is 10.3. The van der Waals surface area contributed by atoms with Gasteiger partial charge in [-0.3, -0.25) is 9.59 Å². The third kappa shape index (κ3) is 7.52. The minimum Gasteiger partial charge on any atom is -0.354 e. The van der Waals surface area contributed by atoms with Gasteiger partial charge in [-0.25, -0.2) is 0 Å². The fourth-order valence-corrected chi connectivity index (χ4v) is 2.55. The first-order chi connectivity index (χ1) is 10.9. The summed E-state index contributed by atoms with van der Waals surface area (Å²) in [5.74, 6) is 0.433. The van der Waals surface area contributed by atoms with Crippen LogP contribution < -0.4 is 16.4 Å². The van der Waals surface area contributed by atoms with E-state index in [-0.39, 0.29) is 17.9 Å². The van der Waals surface area contributed by atoms with Crippen molar-refractivity contribution in [2.24, 2.45) is 5.73 Å². The number of hydrogen-bond acceptors (Lipinski definition) is 4. The second-order valence-electron chi connectivity index (χ2n) is 5.73.